The summed E-state index contributed by atoms with van der Waals surface area (Å²) in [5, 5.41) is 3.23. The maximum atomic E-state index is 14.1. The molecular weight excluding hydrogens is 336 g/mol. The van der Waals surface area contributed by atoms with Crippen LogP contribution in [-0.2, 0) is 0 Å². The van der Waals surface area contributed by atoms with E-state index in [1.807, 2.05) is 0 Å². The summed E-state index contributed by atoms with van der Waals surface area (Å²) >= 11 is 0. The molecule has 1 heterocycles. The number of hydrogen-bond acceptors (Lipinski definition) is 2. The van der Waals surface area contributed by atoms with Gasteiger partial charge in [-0.05, 0) is 30.9 Å². The van der Waals surface area contributed by atoms with Gasteiger partial charge in [-0.1, -0.05) is 6.42 Å². The van der Waals surface area contributed by atoms with E-state index in [-0.39, 0.29) is 42.3 Å². The summed E-state index contributed by atoms with van der Waals surface area (Å²) in [4.78, 5) is 2.10. The minimum Gasteiger partial charge on any atom is -0.314 e. The number of piperazine rings is 1. The van der Waals surface area contributed by atoms with E-state index in [0.717, 1.165) is 57.6 Å². The quantitative estimate of drug-likeness (QED) is 0.830. The van der Waals surface area contributed by atoms with Gasteiger partial charge in [0.2, 0.25) is 0 Å². The number of nitrogens with one attached hydrogen (secondary N) is 1. The van der Waals surface area contributed by atoms with E-state index in [4.69, 9.17) is 0 Å². The third kappa shape index (κ3) is 3.70. The smallest absolute Gasteiger partial charge is 0.166 e. The molecule has 126 valence electrons. The number of rotatable bonds is 3. The molecule has 3 rings (SSSR count). The fourth-order valence-corrected chi connectivity index (χ4v) is 3.25. The monoisotopic (exact) mass is 356 g/mol. The average Bonchev–Trinajstić information content (AvgIpc) is 2.41. The van der Waals surface area contributed by atoms with Crippen LogP contribution in [0, 0.1) is 23.4 Å². The summed E-state index contributed by atoms with van der Waals surface area (Å²) in [5.74, 6) is -2.36. The highest BCUT2D eigenvalue weighted by molar-refractivity contribution is 5.85. The molecule has 1 atom stereocenters. The summed E-state index contributed by atoms with van der Waals surface area (Å²) < 4.78 is 41.7. The molecule has 0 unspecified atom stereocenters. The van der Waals surface area contributed by atoms with E-state index in [2.05, 4.69) is 10.2 Å². The molecule has 0 aromatic heterocycles. The molecule has 1 saturated carbocycles. The minimum atomic E-state index is -1.01. The fraction of sp³-hybridized carbons (Fsp3) is 0.600. The van der Waals surface area contributed by atoms with Crippen LogP contribution in [0.3, 0.4) is 0 Å². The van der Waals surface area contributed by atoms with Crippen LogP contribution >= 0.6 is 24.8 Å². The predicted octanol–water partition coefficient (Wildman–Crippen LogP) is 3.69. The van der Waals surface area contributed by atoms with Crippen LogP contribution in [0.15, 0.2) is 12.1 Å². The van der Waals surface area contributed by atoms with Crippen LogP contribution in [0.2, 0.25) is 0 Å². The Kier molecular flexibility index (Phi) is 7.46. The molecule has 1 aliphatic heterocycles. The Balaban J connectivity index is 0.00000121. The molecule has 1 aromatic rings. The van der Waals surface area contributed by atoms with E-state index >= 15 is 0 Å². The van der Waals surface area contributed by atoms with Gasteiger partial charge in [-0.25, -0.2) is 13.2 Å². The average molecular weight is 357 g/mol. The Morgan fingerprint density at radius 3 is 2.14 bits per heavy atom. The Morgan fingerprint density at radius 2 is 1.59 bits per heavy atom. The van der Waals surface area contributed by atoms with Gasteiger partial charge < -0.3 is 5.32 Å². The maximum Gasteiger partial charge on any atom is 0.166 e. The lowest BCUT2D eigenvalue weighted by atomic mass is 9.76. The molecule has 22 heavy (non-hydrogen) atoms. The second-order valence-corrected chi connectivity index (χ2v) is 5.68. The Hall–Kier alpha value is -0.490. The molecule has 0 bridgehead atoms. The summed E-state index contributed by atoms with van der Waals surface area (Å²) in [5.41, 5.74) is -0.0726. The molecule has 1 aliphatic carbocycles. The van der Waals surface area contributed by atoms with Gasteiger partial charge in [0.25, 0.3) is 0 Å². The first-order chi connectivity index (χ1) is 9.68. The van der Waals surface area contributed by atoms with E-state index in [9.17, 15) is 13.2 Å². The third-order valence-electron chi connectivity index (χ3n) is 4.52. The molecule has 1 N–H and O–H groups in total. The Labute approximate surface area is 141 Å². The first-order valence-electron chi connectivity index (χ1n) is 7.26. The molecular formula is C15H21Cl2F3N2. The zero-order valence-electron chi connectivity index (χ0n) is 12.2. The van der Waals surface area contributed by atoms with Crippen molar-refractivity contribution < 1.29 is 13.2 Å². The van der Waals surface area contributed by atoms with Gasteiger partial charge in [0.15, 0.2) is 11.6 Å². The van der Waals surface area contributed by atoms with Crippen molar-refractivity contribution in [3.63, 3.8) is 0 Å². The number of nitrogens with zero attached hydrogens (tertiary/aromatic N) is 1. The minimum absolute atomic E-state index is 0. The fourth-order valence-electron chi connectivity index (χ4n) is 3.25. The third-order valence-corrected chi connectivity index (χ3v) is 4.52. The van der Waals surface area contributed by atoms with E-state index in [0.29, 0.717) is 0 Å². The van der Waals surface area contributed by atoms with E-state index < -0.39 is 17.5 Å². The Bertz CT molecular complexity index is 492. The Morgan fingerprint density at radius 1 is 1.00 bits per heavy atom. The lowest BCUT2D eigenvalue weighted by molar-refractivity contribution is 0.0779. The molecule has 1 saturated heterocycles. The van der Waals surface area contributed by atoms with Crippen LogP contribution in [0.5, 0.6) is 0 Å². The highest BCUT2D eigenvalue weighted by atomic mass is 35.5. The van der Waals surface area contributed by atoms with Crippen molar-refractivity contribution in [2.75, 3.05) is 26.2 Å². The lowest BCUT2D eigenvalue weighted by Gasteiger charge is -2.43. The van der Waals surface area contributed by atoms with Gasteiger partial charge in [-0.15, -0.1) is 24.8 Å². The van der Waals surface area contributed by atoms with Crippen molar-refractivity contribution >= 4 is 24.8 Å². The van der Waals surface area contributed by atoms with Crippen LogP contribution in [0.4, 0.5) is 13.2 Å². The highest BCUT2D eigenvalue weighted by Gasteiger charge is 2.37. The van der Waals surface area contributed by atoms with Gasteiger partial charge in [0.05, 0.1) is 0 Å². The van der Waals surface area contributed by atoms with Crippen LogP contribution in [-0.4, -0.2) is 31.1 Å². The standard InChI is InChI=1S/C15H19F3N2.2ClH/c16-11-4-5-12(17)14(18)13(11)15(10-2-1-3-10)20-8-6-19-7-9-20;;/h4-5,10,15,19H,1-3,6-9H2;2*1H/t15-;;/m1../s1. The molecule has 0 amide bonds. The summed E-state index contributed by atoms with van der Waals surface area (Å²) in [7, 11) is 0. The lowest BCUT2D eigenvalue weighted by Crippen LogP contribution is -2.48. The topological polar surface area (TPSA) is 15.3 Å². The first-order valence-corrected chi connectivity index (χ1v) is 7.26. The zero-order valence-corrected chi connectivity index (χ0v) is 13.8. The van der Waals surface area contributed by atoms with Crippen molar-refractivity contribution in [1.82, 2.24) is 10.2 Å². The normalized spacial score (nSPS) is 20.5. The molecule has 2 fully saturated rings. The van der Waals surface area contributed by atoms with Crippen molar-refractivity contribution in [1.29, 1.82) is 0 Å². The van der Waals surface area contributed by atoms with Gasteiger partial charge in [-0.2, -0.15) is 0 Å². The van der Waals surface area contributed by atoms with E-state index in [1.165, 1.54) is 0 Å². The molecule has 1 aromatic carbocycles. The molecule has 2 nitrogen and oxygen atoms in total. The summed E-state index contributed by atoms with van der Waals surface area (Å²) in [6.07, 6.45) is 3.01. The molecule has 7 heteroatoms. The van der Waals surface area contributed by atoms with Crippen LogP contribution in [0.1, 0.15) is 30.9 Å². The maximum absolute atomic E-state index is 14.1. The number of benzene rings is 1. The van der Waals surface area contributed by atoms with Gasteiger partial charge in [0.1, 0.15) is 5.82 Å². The molecule has 2 aliphatic rings. The van der Waals surface area contributed by atoms with Gasteiger partial charge in [0, 0.05) is 37.8 Å². The summed E-state index contributed by atoms with van der Waals surface area (Å²) in [6.45, 7) is 3.11. The van der Waals surface area contributed by atoms with Crippen molar-refractivity contribution in [3.05, 3.63) is 35.1 Å². The van der Waals surface area contributed by atoms with Crippen LogP contribution in [0.25, 0.3) is 0 Å². The molecule has 0 radical (unpaired) electrons. The second-order valence-electron chi connectivity index (χ2n) is 5.68. The van der Waals surface area contributed by atoms with Crippen molar-refractivity contribution in [2.24, 2.45) is 5.92 Å². The SMILES string of the molecule is Cl.Cl.Fc1ccc(F)c([C@@H](C2CCC2)N2CCNCC2)c1F. The number of hydrogen-bond donors (Lipinski definition) is 1. The van der Waals surface area contributed by atoms with Gasteiger partial charge in [-0.3, -0.25) is 4.90 Å². The van der Waals surface area contributed by atoms with Crippen LogP contribution < -0.4 is 5.32 Å². The number of halogens is 5. The predicted molar refractivity (Wildman–Crippen MR) is 85.3 cm³/mol. The van der Waals surface area contributed by atoms with Crippen molar-refractivity contribution in [3.8, 4) is 0 Å². The molecule has 0 spiro atoms. The highest BCUT2D eigenvalue weighted by Crippen LogP contribution is 2.43. The van der Waals surface area contributed by atoms with Gasteiger partial charge >= 0.3 is 0 Å². The second kappa shape index (κ2) is 8.39. The largest absolute Gasteiger partial charge is 0.314 e. The van der Waals surface area contributed by atoms with E-state index in [1.54, 1.807) is 0 Å². The zero-order chi connectivity index (χ0) is 14.1. The first kappa shape index (κ1) is 19.6. The summed E-state index contributed by atoms with van der Waals surface area (Å²) in [6, 6.07) is 1.58. The van der Waals surface area contributed by atoms with Crippen molar-refractivity contribution in [2.45, 2.75) is 25.3 Å².